The highest BCUT2D eigenvalue weighted by Gasteiger charge is 2.30. The topological polar surface area (TPSA) is 53.3 Å². The van der Waals surface area contributed by atoms with Crippen molar-refractivity contribution in [3.8, 4) is 6.07 Å². The van der Waals surface area contributed by atoms with Crippen LogP contribution in [0.15, 0.2) is 11.8 Å². The molecule has 2 aliphatic rings. The number of nitrogens with zero attached hydrogens (tertiary/aromatic N) is 2. The number of carbonyl (C=O) groups is 1. The molecule has 4 heteroatoms. The highest BCUT2D eigenvalue weighted by atomic mass is 16.5. The molecule has 0 spiro atoms. The number of carbonyl (C=O) groups excluding carboxylic acids is 1. The van der Waals surface area contributed by atoms with Crippen molar-refractivity contribution in [2.45, 2.75) is 31.9 Å². The standard InChI is InChI=1S/C10H12N2O2/c11-7-8-3-1-5-10(14-8)12-6-2-4-9(12)13/h3,10H,1-2,4-6H2. The number of amides is 1. The predicted molar refractivity (Wildman–Crippen MR) is 48.8 cm³/mol. The molecule has 0 saturated carbocycles. The van der Waals surface area contributed by atoms with Crippen LogP contribution >= 0.6 is 0 Å². The third-order valence-electron chi connectivity index (χ3n) is 2.57. The first kappa shape index (κ1) is 9.07. The lowest BCUT2D eigenvalue weighted by atomic mass is 10.2. The largest absolute Gasteiger partial charge is 0.460 e. The number of hydrogen-bond acceptors (Lipinski definition) is 3. The second-order valence-electron chi connectivity index (χ2n) is 3.52. The monoisotopic (exact) mass is 192 g/mol. The minimum atomic E-state index is -0.204. The average molecular weight is 192 g/mol. The van der Waals surface area contributed by atoms with Crippen LogP contribution in [0.3, 0.4) is 0 Å². The maximum atomic E-state index is 11.4. The highest BCUT2D eigenvalue weighted by molar-refractivity contribution is 5.78. The Morgan fingerprint density at radius 1 is 1.64 bits per heavy atom. The van der Waals surface area contributed by atoms with E-state index in [1.54, 1.807) is 11.0 Å². The summed E-state index contributed by atoms with van der Waals surface area (Å²) < 4.78 is 5.40. The van der Waals surface area contributed by atoms with Crippen molar-refractivity contribution in [2.24, 2.45) is 0 Å². The number of nitriles is 1. The van der Waals surface area contributed by atoms with E-state index in [2.05, 4.69) is 0 Å². The fourth-order valence-corrected chi connectivity index (χ4v) is 1.88. The molecule has 1 amide bonds. The Labute approximate surface area is 82.7 Å². The molecule has 0 aromatic rings. The van der Waals surface area contributed by atoms with Gasteiger partial charge in [0, 0.05) is 19.4 Å². The van der Waals surface area contributed by atoms with Gasteiger partial charge in [-0.2, -0.15) is 5.26 Å². The molecule has 1 saturated heterocycles. The van der Waals surface area contributed by atoms with E-state index in [1.165, 1.54) is 0 Å². The number of likely N-dealkylation sites (tertiary alicyclic amines) is 1. The molecule has 2 aliphatic heterocycles. The van der Waals surface area contributed by atoms with Crippen molar-refractivity contribution in [3.05, 3.63) is 11.8 Å². The van der Waals surface area contributed by atoms with Gasteiger partial charge in [0.25, 0.3) is 0 Å². The van der Waals surface area contributed by atoms with Gasteiger partial charge in [-0.1, -0.05) is 0 Å². The molecule has 0 aliphatic carbocycles. The predicted octanol–water partition coefficient (Wildman–Crippen LogP) is 1.15. The van der Waals surface area contributed by atoms with E-state index in [0.717, 1.165) is 25.8 Å². The number of allylic oxidation sites excluding steroid dienone is 2. The van der Waals surface area contributed by atoms with Crippen molar-refractivity contribution in [3.63, 3.8) is 0 Å². The Bertz CT molecular complexity index is 317. The maximum absolute atomic E-state index is 11.4. The van der Waals surface area contributed by atoms with Gasteiger partial charge in [-0.05, 0) is 18.9 Å². The molecule has 1 unspecified atom stereocenters. The minimum absolute atomic E-state index is 0.147. The summed E-state index contributed by atoms with van der Waals surface area (Å²) in [6.07, 6.45) is 4.71. The van der Waals surface area contributed by atoms with Crippen LogP contribution in [-0.4, -0.2) is 23.6 Å². The molecular formula is C10H12N2O2. The first-order chi connectivity index (χ1) is 6.81. The Hall–Kier alpha value is -1.50. The smallest absolute Gasteiger partial charge is 0.225 e. The van der Waals surface area contributed by atoms with E-state index in [1.807, 2.05) is 6.07 Å². The summed E-state index contributed by atoms with van der Waals surface area (Å²) in [5.74, 6) is 0.495. The van der Waals surface area contributed by atoms with E-state index >= 15 is 0 Å². The molecule has 0 bridgehead atoms. The molecule has 0 aromatic heterocycles. The van der Waals surface area contributed by atoms with Gasteiger partial charge in [-0.15, -0.1) is 0 Å². The number of ether oxygens (including phenoxy) is 1. The van der Waals surface area contributed by atoms with E-state index in [4.69, 9.17) is 10.00 Å². The summed E-state index contributed by atoms with van der Waals surface area (Å²) in [5.41, 5.74) is 0. The fourth-order valence-electron chi connectivity index (χ4n) is 1.88. The molecule has 4 nitrogen and oxygen atoms in total. The van der Waals surface area contributed by atoms with Gasteiger partial charge in [-0.3, -0.25) is 4.79 Å². The van der Waals surface area contributed by atoms with Crippen LogP contribution in [0, 0.1) is 11.3 Å². The van der Waals surface area contributed by atoms with Crippen molar-refractivity contribution < 1.29 is 9.53 Å². The van der Waals surface area contributed by atoms with Crippen molar-refractivity contribution in [2.75, 3.05) is 6.54 Å². The van der Waals surface area contributed by atoms with E-state index in [9.17, 15) is 4.79 Å². The van der Waals surface area contributed by atoms with Gasteiger partial charge in [0.05, 0.1) is 0 Å². The summed E-state index contributed by atoms with van der Waals surface area (Å²) >= 11 is 0. The van der Waals surface area contributed by atoms with Crippen LogP contribution in [0.25, 0.3) is 0 Å². The Kier molecular flexibility index (Phi) is 2.40. The molecule has 14 heavy (non-hydrogen) atoms. The number of hydrogen-bond donors (Lipinski definition) is 0. The van der Waals surface area contributed by atoms with Gasteiger partial charge in [0.15, 0.2) is 12.0 Å². The van der Waals surface area contributed by atoms with Gasteiger partial charge in [-0.25, -0.2) is 0 Å². The lowest BCUT2D eigenvalue weighted by Crippen LogP contribution is -2.39. The van der Waals surface area contributed by atoms with Gasteiger partial charge in [0.2, 0.25) is 5.91 Å². The van der Waals surface area contributed by atoms with Crippen LogP contribution in [0.2, 0.25) is 0 Å². The van der Waals surface area contributed by atoms with E-state index in [-0.39, 0.29) is 12.1 Å². The van der Waals surface area contributed by atoms with E-state index in [0.29, 0.717) is 12.2 Å². The molecule has 0 N–H and O–H groups in total. The van der Waals surface area contributed by atoms with Gasteiger partial charge < -0.3 is 9.64 Å². The second-order valence-corrected chi connectivity index (χ2v) is 3.52. The zero-order valence-electron chi connectivity index (χ0n) is 7.90. The lowest BCUT2D eigenvalue weighted by Gasteiger charge is -2.29. The summed E-state index contributed by atoms with van der Waals surface area (Å²) in [7, 11) is 0. The average Bonchev–Trinajstić information content (AvgIpc) is 2.65. The first-order valence-electron chi connectivity index (χ1n) is 4.87. The molecular weight excluding hydrogens is 180 g/mol. The second kappa shape index (κ2) is 3.70. The first-order valence-corrected chi connectivity index (χ1v) is 4.87. The molecule has 2 rings (SSSR count). The molecule has 0 radical (unpaired) electrons. The molecule has 1 atom stereocenters. The van der Waals surface area contributed by atoms with Crippen molar-refractivity contribution >= 4 is 5.91 Å². The Morgan fingerprint density at radius 2 is 2.50 bits per heavy atom. The lowest BCUT2D eigenvalue weighted by molar-refractivity contribution is -0.138. The molecule has 74 valence electrons. The van der Waals surface area contributed by atoms with E-state index < -0.39 is 0 Å². The third-order valence-corrected chi connectivity index (χ3v) is 2.57. The minimum Gasteiger partial charge on any atom is -0.460 e. The van der Waals surface area contributed by atoms with Crippen LogP contribution in [0.5, 0.6) is 0 Å². The quantitative estimate of drug-likeness (QED) is 0.626. The van der Waals surface area contributed by atoms with Crippen LogP contribution in [0.4, 0.5) is 0 Å². The summed E-state index contributed by atoms with van der Waals surface area (Å²) in [5, 5.41) is 8.67. The zero-order chi connectivity index (χ0) is 9.97. The Morgan fingerprint density at radius 3 is 3.14 bits per heavy atom. The Balaban J connectivity index is 2.03. The maximum Gasteiger partial charge on any atom is 0.225 e. The van der Waals surface area contributed by atoms with Crippen LogP contribution in [-0.2, 0) is 9.53 Å². The fraction of sp³-hybridized carbons (Fsp3) is 0.600. The molecule has 0 aromatic carbocycles. The van der Waals surface area contributed by atoms with Gasteiger partial charge in [0.1, 0.15) is 6.07 Å². The third kappa shape index (κ3) is 1.58. The molecule has 2 heterocycles. The SMILES string of the molecule is N#CC1=CCCC(N2CCCC2=O)O1. The van der Waals surface area contributed by atoms with Crippen molar-refractivity contribution in [1.29, 1.82) is 5.26 Å². The summed E-state index contributed by atoms with van der Waals surface area (Å²) in [6.45, 7) is 0.766. The highest BCUT2D eigenvalue weighted by Crippen LogP contribution is 2.23. The van der Waals surface area contributed by atoms with Crippen LogP contribution < -0.4 is 0 Å². The van der Waals surface area contributed by atoms with Gasteiger partial charge >= 0.3 is 0 Å². The van der Waals surface area contributed by atoms with Crippen molar-refractivity contribution in [1.82, 2.24) is 4.90 Å². The van der Waals surface area contributed by atoms with Crippen LogP contribution in [0.1, 0.15) is 25.7 Å². The molecule has 1 fully saturated rings. The summed E-state index contributed by atoms with van der Waals surface area (Å²) in [6, 6.07) is 1.97. The summed E-state index contributed by atoms with van der Waals surface area (Å²) in [4.78, 5) is 13.2. The zero-order valence-corrected chi connectivity index (χ0v) is 7.90. The number of rotatable bonds is 1. The normalized spacial score (nSPS) is 26.8.